The number of rotatable bonds is 3. The summed E-state index contributed by atoms with van der Waals surface area (Å²) in [5, 5.41) is 0. The lowest BCUT2D eigenvalue weighted by Gasteiger charge is -2.03. The van der Waals surface area contributed by atoms with Gasteiger partial charge in [-0.25, -0.2) is 9.59 Å². The van der Waals surface area contributed by atoms with Crippen LogP contribution in [-0.2, 0) is 19.6 Å². The number of carbonyl (C=O) groups excluding carboxylic acids is 2. The highest BCUT2D eigenvalue weighted by molar-refractivity contribution is 7.90. The molecular formula is C9H7NO5S. The molecule has 0 amide bonds. The summed E-state index contributed by atoms with van der Waals surface area (Å²) in [6, 6.07) is 5.29. The topological polar surface area (TPSA) is 89.9 Å². The van der Waals surface area contributed by atoms with Gasteiger partial charge in [0, 0.05) is 0 Å². The maximum atomic E-state index is 11.4. The van der Waals surface area contributed by atoms with Crippen molar-refractivity contribution < 1.29 is 22.7 Å². The van der Waals surface area contributed by atoms with E-state index in [9.17, 15) is 18.0 Å². The lowest BCUT2D eigenvalue weighted by molar-refractivity contribution is 0.0596. The Morgan fingerprint density at radius 3 is 2.56 bits per heavy atom. The zero-order valence-electron chi connectivity index (χ0n) is 8.21. The van der Waals surface area contributed by atoms with Gasteiger partial charge in [0.1, 0.15) is 4.90 Å². The molecule has 0 saturated heterocycles. The highest BCUT2D eigenvalue weighted by Crippen LogP contribution is 2.18. The number of carbonyl (C=O) groups is 1. The first kappa shape index (κ1) is 12.1. The Kier molecular flexibility index (Phi) is 3.55. The lowest BCUT2D eigenvalue weighted by atomic mass is 10.2. The largest absolute Gasteiger partial charge is 0.465 e. The van der Waals surface area contributed by atoms with Crippen LogP contribution in [0.1, 0.15) is 10.4 Å². The van der Waals surface area contributed by atoms with Crippen LogP contribution in [0.15, 0.2) is 33.6 Å². The maximum absolute atomic E-state index is 11.4. The summed E-state index contributed by atoms with van der Waals surface area (Å²) in [5.41, 5.74) is -0.177. The van der Waals surface area contributed by atoms with Crippen LogP contribution in [0.3, 0.4) is 0 Å². The van der Waals surface area contributed by atoms with E-state index in [1.165, 1.54) is 18.2 Å². The molecule has 1 rings (SSSR count). The van der Waals surface area contributed by atoms with E-state index in [0.29, 0.717) is 0 Å². The SMILES string of the molecule is COC(=O)c1ccccc1S(=O)(=O)N=C=O. The zero-order chi connectivity index (χ0) is 12.2. The Labute approximate surface area is 91.6 Å². The van der Waals surface area contributed by atoms with Gasteiger partial charge in [-0.3, -0.25) is 0 Å². The molecule has 0 aromatic heterocycles. The van der Waals surface area contributed by atoms with Crippen molar-refractivity contribution in [2.24, 2.45) is 4.40 Å². The predicted molar refractivity (Wildman–Crippen MR) is 53.1 cm³/mol. The van der Waals surface area contributed by atoms with Gasteiger partial charge < -0.3 is 4.74 Å². The Balaban J connectivity index is 3.46. The van der Waals surface area contributed by atoms with Crippen LogP contribution in [0.4, 0.5) is 0 Å². The standard InChI is InChI=1S/C9H7NO5S/c1-15-9(12)7-4-2-3-5-8(7)16(13,14)10-6-11/h2-5H,1H3. The number of benzene rings is 1. The van der Waals surface area contributed by atoms with Crippen LogP contribution < -0.4 is 0 Å². The van der Waals surface area contributed by atoms with Gasteiger partial charge in [0.2, 0.25) is 0 Å². The van der Waals surface area contributed by atoms with E-state index in [0.717, 1.165) is 19.3 Å². The van der Waals surface area contributed by atoms with Gasteiger partial charge in [-0.2, -0.15) is 8.42 Å². The van der Waals surface area contributed by atoms with Gasteiger partial charge in [0.05, 0.1) is 12.7 Å². The Morgan fingerprint density at radius 2 is 2.00 bits per heavy atom. The van der Waals surface area contributed by atoms with Crippen LogP contribution in [0, 0.1) is 0 Å². The third-order valence-electron chi connectivity index (χ3n) is 1.73. The smallest absolute Gasteiger partial charge is 0.339 e. The van der Waals surface area contributed by atoms with Crippen molar-refractivity contribution >= 4 is 22.1 Å². The van der Waals surface area contributed by atoms with Gasteiger partial charge >= 0.3 is 5.97 Å². The molecule has 7 heteroatoms. The number of hydrogen-bond donors (Lipinski definition) is 0. The van der Waals surface area contributed by atoms with E-state index in [-0.39, 0.29) is 10.5 Å². The minimum atomic E-state index is -4.20. The molecule has 0 heterocycles. The van der Waals surface area contributed by atoms with Crippen molar-refractivity contribution in [3.8, 4) is 0 Å². The van der Waals surface area contributed by atoms with Gasteiger partial charge in [-0.05, 0) is 12.1 Å². The van der Waals surface area contributed by atoms with E-state index in [1.54, 1.807) is 0 Å². The van der Waals surface area contributed by atoms with Gasteiger partial charge in [0.25, 0.3) is 16.1 Å². The first-order valence-electron chi connectivity index (χ1n) is 4.04. The molecule has 1 aromatic rings. The first-order valence-corrected chi connectivity index (χ1v) is 5.48. The van der Waals surface area contributed by atoms with Crippen LogP contribution >= 0.6 is 0 Å². The predicted octanol–water partition coefficient (Wildman–Crippen LogP) is 0.498. The number of hydrogen-bond acceptors (Lipinski definition) is 5. The van der Waals surface area contributed by atoms with Crippen LogP contribution in [0.25, 0.3) is 0 Å². The van der Waals surface area contributed by atoms with Crippen molar-refractivity contribution in [2.45, 2.75) is 4.90 Å². The van der Waals surface area contributed by atoms with E-state index in [2.05, 4.69) is 9.13 Å². The third-order valence-corrected chi connectivity index (χ3v) is 2.95. The monoisotopic (exact) mass is 241 g/mol. The molecule has 16 heavy (non-hydrogen) atoms. The van der Waals surface area contributed by atoms with E-state index >= 15 is 0 Å². The molecular weight excluding hydrogens is 234 g/mol. The van der Waals surface area contributed by atoms with Crippen molar-refractivity contribution in [3.05, 3.63) is 29.8 Å². The van der Waals surface area contributed by atoms with Crippen LogP contribution in [-0.4, -0.2) is 27.6 Å². The molecule has 0 radical (unpaired) electrons. The summed E-state index contributed by atoms with van der Waals surface area (Å²) in [6.07, 6.45) is 0.926. The van der Waals surface area contributed by atoms with E-state index < -0.39 is 16.0 Å². The molecule has 0 atom stereocenters. The van der Waals surface area contributed by atoms with E-state index in [4.69, 9.17) is 0 Å². The Hall–Kier alpha value is -1.98. The van der Waals surface area contributed by atoms with Crippen molar-refractivity contribution in [2.75, 3.05) is 7.11 Å². The number of esters is 1. The second-order valence-corrected chi connectivity index (χ2v) is 4.22. The first-order chi connectivity index (χ1) is 7.53. The highest BCUT2D eigenvalue weighted by atomic mass is 32.2. The number of isocyanates is 1. The summed E-state index contributed by atoms with van der Waals surface area (Å²) in [5.74, 6) is -0.819. The molecule has 6 nitrogen and oxygen atoms in total. The Bertz CT molecular complexity index is 557. The second-order valence-electron chi connectivity index (χ2n) is 2.65. The maximum Gasteiger partial charge on any atom is 0.339 e. The van der Waals surface area contributed by atoms with Gasteiger partial charge in [-0.1, -0.05) is 16.5 Å². The van der Waals surface area contributed by atoms with Crippen molar-refractivity contribution in [1.29, 1.82) is 0 Å². The fourth-order valence-corrected chi connectivity index (χ4v) is 1.94. The normalized spacial score (nSPS) is 10.3. The summed E-state index contributed by atoms with van der Waals surface area (Å²) in [4.78, 5) is 20.8. The number of nitrogens with zero attached hydrogens (tertiary/aromatic N) is 1. The zero-order valence-corrected chi connectivity index (χ0v) is 9.02. The van der Waals surface area contributed by atoms with Gasteiger partial charge in [-0.15, -0.1) is 0 Å². The molecule has 84 valence electrons. The molecule has 1 aromatic carbocycles. The average molecular weight is 241 g/mol. The lowest BCUT2D eigenvalue weighted by Crippen LogP contribution is -2.08. The average Bonchev–Trinajstić information content (AvgIpc) is 2.28. The number of ether oxygens (including phenoxy) is 1. The molecule has 0 spiro atoms. The molecule has 0 saturated carbocycles. The number of sulfonamides is 1. The summed E-state index contributed by atoms with van der Waals surface area (Å²) in [6.45, 7) is 0. The molecule has 0 aliphatic rings. The summed E-state index contributed by atoms with van der Waals surface area (Å²) in [7, 11) is -3.08. The molecule has 0 N–H and O–H groups in total. The molecule has 0 bridgehead atoms. The fraction of sp³-hybridized carbons (Fsp3) is 0.111. The van der Waals surface area contributed by atoms with Crippen LogP contribution in [0.5, 0.6) is 0 Å². The summed E-state index contributed by atoms with van der Waals surface area (Å²) >= 11 is 0. The molecule has 0 fully saturated rings. The third kappa shape index (κ3) is 2.33. The molecule has 0 aliphatic heterocycles. The highest BCUT2D eigenvalue weighted by Gasteiger charge is 2.21. The quantitative estimate of drug-likeness (QED) is 0.436. The van der Waals surface area contributed by atoms with Crippen molar-refractivity contribution in [1.82, 2.24) is 0 Å². The Morgan fingerprint density at radius 1 is 1.38 bits per heavy atom. The molecule has 0 aliphatic carbocycles. The number of methoxy groups -OCH3 is 1. The fourth-order valence-electron chi connectivity index (χ4n) is 1.07. The van der Waals surface area contributed by atoms with Crippen LogP contribution in [0.2, 0.25) is 0 Å². The summed E-state index contributed by atoms with van der Waals surface area (Å²) < 4.78 is 29.9. The molecule has 0 unspecified atom stereocenters. The van der Waals surface area contributed by atoms with Crippen molar-refractivity contribution in [3.63, 3.8) is 0 Å². The van der Waals surface area contributed by atoms with E-state index in [1.807, 2.05) is 0 Å². The minimum Gasteiger partial charge on any atom is -0.465 e. The second kappa shape index (κ2) is 4.69. The van der Waals surface area contributed by atoms with Gasteiger partial charge in [0.15, 0.2) is 0 Å². The minimum absolute atomic E-state index is 0.177.